The van der Waals surface area contributed by atoms with Gasteiger partial charge in [0.2, 0.25) is 0 Å². The molecule has 1 aromatic carbocycles. The molecule has 0 unspecified atom stereocenters. The van der Waals surface area contributed by atoms with E-state index < -0.39 is 11.9 Å². The SMILES string of the molecule is CNc1cc(C(=O)[O-])ccc1C(=O)[O-]. The molecule has 0 atom stereocenters. The lowest BCUT2D eigenvalue weighted by Gasteiger charge is -2.12. The molecular formula is C9H7NO4-2. The summed E-state index contributed by atoms with van der Waals surface area (Å²) in [6, 6.07) is 3.49. The van der Waals surface area contributed by atoms with Crippen LogP contribution in [0.15, 0.2) is 18.2 Å². The van der Waals surface area contributed by atoms with E-state index in [0.717, 1.165) is 12.1 Å². The monoisotopic (exact) mass is 193 g/mol. The number of carboxylic acid groups (broad SMARTS) is 2. The lowest BCUT2D eigenvalue weighted by molar-refractivity contribution is -0.256. The van der Waals surface area contributed by atoms with E-state index in [1.54, 1.807) is 0 Å². The van der Waals surface area contributed by atoms with E-state index in [-0.39, 0.29) is 16.8 Å². The Bertz CT molecular complexity index is 386. The van der Waals surface area contributed by atoms with Gasteiger partial charge in [0.1, 0.15) is 0 Å². The van der Waals surface area contributed by atoms with Crippen LogP contribution < -0.4 is 15.5 Å². The number of rotatable bonds is 3. The van der Waals surface area contributed by atoms with Gasteiger partial charge in [-0.05, 0) is 11.6 Å². The largest absolute Gasteiger partial charge is 0.545 e. The van der Waals surface area contributed by atoms with Crippen LogP contribution in [0.5, 0.6) is 0 Å². The molecule has 0 amide bonds. The van der Waals surface area contributed by atoms with Crippen molar-refractivity contribution in [2.24, 2.45) is 0 Å². The maximum Gasteiger partial charge on any atom is 0.0736 e. The minimum absolute atomic E-state index is 0.0839. The van der Waals surface area contributed by atoms with Crippen LogP contribution in [0.3, 0.4) is 0 Å². The van der Waals surface area contributed by atoms with Gasteiger partial charge in [-0.3, -0.25) is 0 Å². The second-order valence-corrected chi connectivity index (χ2v) is 2.59. The minimum Gasteiger partial charge on any atom is -0.545 e. The lowest BCUT2D eigenvalue weighted by atomic mass is 10.1. The lowest BCUT2D eigenvalue weighted by Crippen LogP contribution is -2.25. The zero-order valence-corrected chi connectivity index (χ0v) is 7.37. The maximum atomic E-state index is 10.5. The van der Waals surface area contributed by atoms with Crippen LogP contribution in [-0.2, 0) is 0 Å². The summed E-state index contributed by atoms with van der Waals surface area (Å²) in [5.74, 6) is -2.72. The summed E-state index contributed by atoms with van der Waals surface area (Å²) >= 11 is 0. The van der Waals surface area contributed by atoms with E-state index in [4.69, 9.17) is 0 Å². The fourth-order valence-electron chi connectivity index (χ4n) is 1.06. The molecule has 1 aromatic rings. The van der Waals surface area contributed by atoms with Crippen LogP contribution in [0, 0.1) is 0 Å². The number of carbonyl (C=O) groups is 2. The summed E-state index contributed by atoms with van der Waals surface area (Å²) in [6.45, 7) is 0. The van der Waals surface area contributed by atoms with E-state index in [9.17, 15) is 19.8 Å². The molecule has 0 aromatic heterocycles. The molecular weight excluding hydrogens is 186 g/mol. The molecule has 5 nitrogen and oxygen atoms in total. The van der Waals surface area contributed by atoms with Gasteiger partial charge in [-0.1, -0.05) is 12.1 Å². The summed E-state index contributed by atoms with van der Waals surface area (Å²) in [6.07, 6.45) is 0. The average Bonchev–Trinajstić information content (AvgIpc) is 2.16. The highest BCUT2D eigenvalue weighted by atomic mass is 16.4. The first-order valence-electron chi connectivity index (χ1n) is 3.80. The van der Waals surface area contributed by atoms with Gasteiger partial charge in [0, 0.05) is 18.3 Å². The average molecular weight is 193 g/mol. The zero-order valence-electron chi connectivity index (χ0n) is 7.37. The topological polar surface area (TPSA) is 92.3 Å². The molecule has 74 valence electrons. The molecule has 0 aliphatic rings. The van der Waals surface area contributed by atoms with E-state index in [1.165, 1.54) is 13.1 Å². The van der Waals surface area contributed by atoms with Crippen LogP contribution in [-0.4, -0.2) is 19.0 Å². The molecule has 1 N–H and O–H groups in total. The van der Waals surface area contributed by atoms with Crippen LogP contribution in [0.1, 0.15) is 20.7 Å². The number of hydrogen-bond donors (Lipinski definition) is 1. The fraction of sp³-hybridized carbons (Fsp3) is 0.111. The summed E-state index contributed by atoms with van der Waals surface area (Å²) in [5, 5.41) is 23.6. The summed E-state index contributed by atoms with van der Waals surface area (Å²) in [5.41, 5.74) is 0.0172. The minimum atomic E-state index is -1.36. The number of hydrogen-bond acceptors (Lipinski definition) is 5. The highest BCUT2D eigenvalue weighted by Crippen LogP contribution is 2.16. The molecule has 0 aliphatic carbocycles. The number of anilines is 1. The predicted molar refractivity (Wildman–Crippen MR) is 44.6 cm³/mol. The highest BCUT2D eigenvalue weighted by molar-refractivity contribution is 5.96. The molecule has 5 heteroatoms. The number of carboxylic acids is 2. The number of aromatic carboxylic acids is 2. The molecule has 1 rings (SSSR count). The zero-order chi connectivity index (χ0) is 10.7. The predicted octanol–water partition coefficient (Wildman–Crippen LogP) is -1.54. The first-order valence-corrected chi connectivity index (χ1v) is 3.80. The molecule has 0 aliphatic heterocycles. The van der Waals surface area contributed by atoms with Gasteiger partial charge in [0.05, 0.1) is 11.9 Å². The Balaban J connectivity index is 3.25. The fourth-order valence-corrected chi connectivity index (χ4v) is 1.06. The van der Waals surface area contributed by atoms with E-state index in [1.807, 2.05) is 0 Å². The third-order valence-corrected chi connectivity index (χ3v) is 1.74. The van der Waals surface area contributed by atoms with Gasteiger partial charge in [0.25, 0.3) is 0 Å². The van der Waals surface area contributed by atoms with Crippen LogP contribution in [0.4, 0.5) is 5.69 Å². The smallest absolute Gasteiger partial charge is 0.0736 e. The van der Waals surface area contributed by atoms with Crippen LogP contribution in [0.2, 0.25) is 0 Å². The van der Waals surface area contributed by atoms with Gasteiger partial charge < -0.3 is 25.1 Å². The Labute approximate surface area is 80.0 Å². The molecule has 0 spiro atoms. The van der Waals surface area contributed by atoms with Gasteiger partial charge in [-0.2, -0.15) is 0 Å². The van der Waals surface area contributed by atoms with Crippen molar-refractivity contribution >= 4 is 17.6 Å². The molecule has 0 radical (unpaired) electrons. The van der Waals surface area contributed by atoms with Crippen molar-refractivity contribution in [3.8, 4) is 0 Å². The first-order chi connectivity index (χ1) is 6.56. The van der Waals surface area contributed by atoms with Gasteiger partial charge in [0.15, 0.2) is 0 Å². The molecule has 0 saturated carbocycles. The second kappa shape index (κ2) is 3.78. The van der Waals surface area contributed by atoms with Gasteiger partial charge in [-0.25, -0.2) is 0 Å². The van der Waals surface area contributed by atoms with Crippen molar-refractivity contribution in [2.45, 2.75) is 0 Å². The van der Waals surface area contributed by atoms with Crippen LogP contribution in [0.25, 0.3) is 0 Å². The molecule has 14 heavy (non-hydrogen) atoms. The Kier molecular flexibility index (Phi) is 2.71. The van der Waals surface area contributed by atoms with E-state index in [2.05, 4.69) is 5.32 Å². The van der Waals surface area contributed by atoms with Crippen molar-refractivity contribution in [2.75, 3.05) is 12.4 Å². The van der Waals surface area contributed by atoms with Crippen molar-refractivity contribution in [1.29, 1.82) is 0 Å². The Morgan fingerprint density at radius 1 is 1.21 bits per heavy atom. The van der Waals surface area contributed by atoms with Crippen molar-refractivity contribution in [3.63, 3.8) is 0 Å². The number of nitrogens with one attached hydrogen (secondary N) is 1. The Morgan fingerprint density at radius 2 is 1.86 bits per heavy atom. The standard InChI is InChI=1S/C9H9NO4/c1-10-7-4-5(8(11)12)2-3-6(7)9(13)14/h2-4,10H,1H3,(H,11,12)(H,13,14)/p-2. The van der Waals surface area contributed by atoms with Crippen molar-refractivity contribution in [3.05, 3.63) is 29.3 Å². The summed E-state index contributed by atoms with van der Waals surface area (Å²) < 4.78 is 0. The van der Waals surface area contributed by atoms with Crippen molar-refractivity contribution < 1.29 is 19.8 Å². The number of benzene rings is 1. The third-order valence-electron chi connectivity index (χ3n) is 1.74. The van der Waals surface area contributed by atoms with Gasteiger partial charge >= 0.3 is 0 Å². The third kappa shape index (κ3) is 1.82. The molecule has 0 fully saturated rings. The normalized spacial score (nSPS) is 9.50. The van der Waals surface area contributed by atoms with Gasteiger partial charge in [-0.15, -0.1) is 0 Å². The van der Waals surface area contributed by atoms with E-state index >= 15 is 0 Å². The number of carbonyl (C=O) groups excluding carboxylic acids is 2. The summed E-state index contributed by atoms with van der Waals surface area (Å²) in [4.78, 5) is 21.0. The maximum absolute atomic E-state index is 10.5. The van der Waals surface area contributed by atoms with Crippen LogP contribution >= 0.6 is 0 Å². The van der Waals surface area contributed by atoms with E-state index in [0.29, 0.717) is 0 Å². The molecule has 0 saturated heterocycles. The first kappa shape index (κ1) is 10.0. The Hall–Kier alpha value is -2.04. The quantitative estimate of drug-likeness (QED) is 0.627. The highest BCUT2D eigenvalue weighted by Gasteiger charge is 2.03. The molecule has 0 bridgehead atoms. The summed E-state index contributed by atoms with van der Waals surface area (Å²) in [7, 11) is 1.49. The van der Waals surface area contributed by atoms with Crippen molar-refractivity contribution in [1.82, 2.24) is 0 Å². The Morgan fingerprint density at radius 3 is 2.29 bits per heavy atom. The molecule has 0 heterocycles. The second-order valence-electron chi connectivity index (χ2n) is 2.59.